The second kappa shape index (κ2) is 6.56. The monoisotopic (exact) mass is 263 g/mol. The summed E-state index contributed by atoms with van der Waals surface area (Å²) in [6.45, 7) is 0.970. The normalized spacial score (nSPS) is 10.8. The summed E-state index contributed by atoms with van der Waals surface area (Å²) in [4.78, 5) is 0. The fourth-order valence-corrected chi connectivity index (χ4v) is 2.33. The average molecular weight is 263 g/mol. The Labute approximate surface area is 111 Å². The lowest BCUT2D eigenvalue weighted by Gasteiger charge is -2.08. The van der Waals surface area contributed by atoms with Crippen molar-refractivity contribution >= 4 is 11.8 Å². The summed E-state index contributed by atoms with van der Waals surface area (Å²) in [6.07, 6.45) is 3.49. The highest BCUT2D eigenvalue weighted by atomic mass is 32.2. The van der Waals surface area contributed by atoms with Gasteiger partial charge in [0, 0.05) is 13.0 Å². The minimum atomic E-state index is 0.187. The van der Waals surface area contributed by atoms with Crippen molar-refractivity contribution in [2.75, 3.05) is 12.9 Å². The van der Waals surface area contributed by atoms with Crippen molar-refractivity contribution < 1.29 is 5.11 Å². The Kier molecular flexibility index (Phi) is 4.78. The first kappa shape index (κ1) is 13.1. The number of hydrogen-bond acceptors (Lipinski definition) is 4. The predicted molar refractivity (Wildman–Crippen MR) is 72.8 cm³/mol. The Morgan fingerprint density at radius 2 is 2.00 bits per heavy atom. The van der Waals surface area contributed by atoms with Crippen LogP contribution in [0, 0.1) is 0 Å². The third kappa shape index (κ3) is 3.11. The fourth-order valence-electron chi connectivity index (χ4n) is 1.82. The van der Waals surface area contributed by atoms with Crippen LogP contribution in [0.5, 0.6) is 0 Å². The molecular formula is C13H17N3OS. The van der Waals surface area contributed by atoms with Crippen LogP contribution in [0.1, 0.15) is 17.8 Å². The molecular weight excluding hydrogens is 246 g/mol. The van der Waals surface area contributed by atoms with Crippen molar-refractivity contribution in [3.8, 4) is 0 Å². The Morgan fingerprint density at radius 1 is 1.22 bits per heavy atom. The molecule has 5 heteroatoms. The van der Waals surface area contributed by atoms with Crippen LogP contribution in [0.2, 0.25) is 0 Å². The summed E-state index contributed by atoms with van der Waals surface area (Å²) in [5, 5.41) is 18.2. The molecule has 0 aliphatic rings. The number of thioether (sulfide) groups is 1. The van der Waals surface area contributed by atoms with E-state index in [1.54, 1.807) is 11.8 Å². The van der Waals surface area contributed by atoms with Crippen molar-refractivity contribution in [2.45, 2.75) is 24.5 Å². The quantitative estimate of drug-likeness (QED) is 0.810. The predicted octanol–water partition coefficient (Wildman–Crippen LogP) is 1.97. The molecule has 0 aliphatic carbocycles. The van der Waals surface area contributed by atoms with Gasteiger partial charge >= 0.3 is 0 Å². The molecule has 0 fully saturated rings. The van der Waals surface area contributed by atoms with Gasteiger partial charge in [0.1, 0.15) is 5.82 Å². The van der Waals surface area contributed by atoms with Crippen LogP contribution in [0.4, 0.5) is 0 Å². The summed E-state index contributed by atoms with van der Waals surface area (Å²) < 4.78 is 2.12. The van der Waals surface area contributed by atoms with Gasteiger partial charge in [0.05, 0.1) is 6.54 Å². The Balaban J connectivity index is 2.21. The Bertz CT molecular complexity index is 484. The lowest BCUT2D eigenvalue weighted by Crippen LogP contribution is -2.07. The van der Waals surface area contributed by atoms with Crippen molar-refractivity contribution in [2.24, 2.45) is 0 Å². The topological polar surface area (TPSA) is 50.9 Å². The highest BCUT2D eigenvalue weighted by molar-refractivity contribution is 7.98. The smallest absolute Gasteiger partial charge is 0.191 e. The minimum Gasteiger partial charge on any atom is -0.396 e. The molecule has 0 atom stereocenters. The maximum atomic E-state index is 8.91. The second-order valence-corrected chi connectivity index (χ2v) is 4.78. The maximum Gasteiger partial charge on any atom is 0.191 e. The first-order valence-electron chi connectivity index (χ1n) is 5.96. The fraction of sp³-hybridized carbons (Fsp3) is 0.385. The summed E-state index contributed by atoms with van der Waals surface area (Å²) in [5.41, 5.74) is 1.23. The number of benzene rings is 1. The highest BCUT2D eigenvalue weighted by Crippen LogP contribution is 2.16. The van der Waals surface area contributed by atoms with Crippen LogP contribution in [0.15, 0.2) is 35.5 Å². The van der Waals surface area contributed by atoms with Crippen molar-refractivity contribution in [1.82, 2.24) is 14.8 Å². The van der Waals surface area contributed by atoms with Crippen molar-refractivity contribution in [3.63, 3.8) is 0 Å². The lowest BCUT2D eigenvalue weighted by atomic mass is 10.2. The van der Waals surface area contributed by atoms with Gasteiger partial charge in [0.2, 0.25) is 0 Å². The van der Waals surface area contributed by atoms with Crippen molar-refractivity contribution in [3.05, 3.63) is 41.7 Å². The van der Waals surface area contributed by atoms with Crippen LogP contribution in [0.3, 0.4) is 0 Å². The molecule has 2 rings (SSSR count). The van der Waals surface area contributed by atoms with Crippen LogP contribution >= 0.6 is 11.8 Å². The van der Waals surface area contributed by atoms with Gasteiger partial charge in [0.15, 0.2) is 5.16 Å². The largest absolute Gasteiger partial charge is 0.396 e. The van der Waals surface area contributed by atoms with Crippen LogP contribution in [0.25, 0.3) is 0 Å². The summed E-state index contributed by atoms with van der Waals surface area (Å²) >= 11 is 1.60. The van der Waals surface area contributed by atoms with E-state index in [2.05, 4.69) is 26.9 Å². The molecule has 1 aromatic carbocycles. The zero-order valence-corrected chi connectivity index (χ0v) is 11.2. The van der Waals surface area contributed by atoms with E-state index < -0.39 is 0 Å². The Morgan fingerprint density at radius 3 is 2.67 bits per heavy atom. The molecule has 0 aliphatic heterocycles. The van der Waals surface area contributed by atoms with Crippen LogP contribution in [-0.2, 0) is 13.0 Å². The van der Waals surface area contributed by atoms with E-state index in [4.69, 9.17) is 5.11 Å². The molecule has 2 aromatic rings. The molecule has 0 saturated heterocycles. The molecule has 0 bridgehead atoms. The van der Waals surface area contributed by atoms with Gasteiger partial charge in [-0.15, -0.1) is 10.2 Å². The van der Waals surface area contributed by atoms with Gasteiger partial charge in [-0.3, -0.25) is 0 Å². The SMILES string of the molecule is CSc1nnc(CCCO)n1Cc1ccccc1. The molecule has 0 spiro atoms. The van der Waals surface area contributed by atoms with Gasteiger partial charge in [-0.1, -0.05) is 42.1 Å². The molecule has 0 saturated carbocycles. The lowest BCUT2D eigenvalue weighted by molar-refractivity contribution is 0.287. The summed E-state index contributed by atoms with van der Waals surface area (Å²) in [6, 6.07) is 10.3. The molecule has 1 heterocycles. The second-order valence-electron chi connectivity index (χ2n) is 4.00. The van der Waals surface area contributed by atoms with Crippen LogP contribution in [-0.4, -0.2) is 32.7 Å². The zero-order valence-electron chi connectivity index (χ0n) is 10.4. The molecule has 1 N–H and O–H groups in total. The van der Waals surface area contributed by atoms with E-state index in [0.717, 1.165) is 30.4 Å². The number of rotatable bonds is 6. The molecule has 4 nitrogen and oxygen atoms in total. The van der Waals surface area contributed by atoms with Gasteiger partial charge in [-0.25, -0.2) is 0 Å². The van der Waals surface area contributed by atoms with Gasteiger partial charge < -0.3 is 9.67 Å². The number of aliphatic hydroxyl groups excluding tert-OH is 1. The standard InChI is InChI=1S/C13H17N3OS/c1-18-13-15-14-12(8-5-9-17)16(13)10-11-6-3-2-4-7-11/h2-4,6-7,17H,5,8-10H2,1H3. The zero-order chi connectivity index (χ0) is 12.8. The van der Waals surface area contributed by atoms with E-state index in [9.17, 15) is 0 Å². The average Bonchev–Trinajstić information content (AvgIpc) is 2.80. The molecule has 96 valence electrons. The van der Waals surface area contributed by atoms with E-state index in [-0.39, 0.29) is 6.61 Å². The van der Waals surface area contributed by atoms with E-state index in [1.165, 1.54) is 5.56 Å². The first-order valence-corrected chi connectivity index (χ1v) is 7.18. The number of aryl methyl sites for hydroxylation is 1. The molecule has 0 amide bonds. The molecule has 0 radical (unpaired) electrons. The van der Waals surface area contributed by atoms with Crippen molar-refractivity contribution in [1.29, 1.82) is 0 Å². The summed E-state index contributed by atoms with van der Waals surface area (Å²) in [7, 11) is 0. The van der Waals surface area contributed by atoms with Gasteiger partial charge in [0.25, 0.3) is 0 Å². The van der Waals surface area contributed by atoms with Gasteiger partial charge in [-0.05, 0) is 18.2 Å². The Hall–Kier alpha value is -1.33. The van der Waals surface area contributed by atoms with Crippen LogP contribution < -0.4 is 0 Å². The van der Waals surface area contributed by atoms with E-state index in [1.807, 2.05) is 24.5 Å². The first-order chi connectivity index (χ1) is 8.85. The summed E-state index contributed by atoms with van der Waals surface area (Å²) in [5.74, 6) is 0.942. The maximum absolute atomic E-state index is 8.91. The molecule has 18 heavy (non-hydrogen) atoms. The van der Waals surface area contributed by atoms with Gasteiger partial charge in [-0.2, -0.15) is 0 Å². The molecule has 0 unspecified atom stereocenters. The van der Waals surface area contributed by atoms with E-state index in [0.29, 0.717) is 0 Å². The third-order valence-electron chi connectivity index (χ3n) is 2.72. The number of hydrogen-bond donors (Lipinski definition) is 1. The molecule has 1 aromatic heterocycles. The minimum absolute atomic E-state index is 0.187. The third-order valence-corrected chi connectivity index (χ3v) is 3.39. The number of aliphatic hydroxyl groups is 1. The van der Waals surface area contributed by atoms with E-state index >= 15 is 0 Å². The highest BCUT2D eigenvalue weighted by Gasteiger charge is 2.11. The number of aromatic nitrogens is 3. The number of nitrogens with zero attached hydrogens (tertiary/aromatic N) is 3.